The van der Waals surface area contributed by atoms with Crippen LogP contribution in [0.1, 0.15) is 37.1 Å². The number of carbonyl (C=O) groups is 2. The predicted octanol–water partition coefficient (Wildman–Crippen LogP) is 1.75. The van der Waals surface area contributed by atoms with Crippen molar-refractivity contribution in [2.75, 3.05) is 19.6 Å². The van der Waals surface area contributed by atoms with Gasteiger partial charge in [0.05, 0.1) is 12.9 Å². The fraction of sp³-hybridized carbons (Fsp3) is 0.636. The van der Waals surface area contributed by atoms with Crippen molar-refractivity contribution in [1.29, 1.82) is 0 Å². The minimum Gasteiger partial charge on any atom is -0.348 e. The van der Waals surface area contributed by atoms with E-state index in [1.165, 1.54) is 0 Å². The number of hydrogen-bond acceptors (Lipinski definition) is 6. The first-order valence-corrected chi connectivity index (χ1v) is 12.2. The fourth-order valence-corrected chi connectivity index (χ4v) is 6.33. The first-order valence-electron chi connectivity index (χ1n) is 11.3. The van der Waals surface area contributed by atoms with E-state index in [-0.39, 0.29) is 29.8 Å². The Hall–Kier alpha value is -2.26. The monoisotopic (exact) mass is 442 g/mol. The molecular weight excluding hydrogens is 412 g/mol. The Morgan fingerprint density at radius 3 is 2.94 bits per heavy atom. The largest absolute Gasteiger partial charge is 0.348 e. The number of rotatable bonds is 7. The van der Waals surface area contributed by atoms with E-state index in [1.54, 1.807) is 17.5 Å². The molecule has 1 N–H and O–H groups in total. The highest BCUT2D eigenvalue weighted by atomic mass is 32.1. The summed E-state index contributed by atoms with van der Waals surface area (Å²) in [6.07, 6.45) is 12.1. The number of imidazole rings is 1. The summed E-state index contributed by atoms with van der Waals surface area (Å²) < 4.78 is 2.11. The van der Waals surface area contributed by atoms with Gasteiger partial charge < -0.3 is 19.7 Å². The third kappa shape index (κ3) is 4.39. The zero-order chi connectivity index (χ0) is 21.2. The fourth-order valence-electron chi connectivity index (χ4n) is 5.78. The van der Waals surface area contributed by atoms with Gasteiger partial charge in [0, 0.05) is 62.0 Å². The van der Waals surface area contributed by atoms with E-state index in [9.17, 15) is 9.59 Å². The summed E-state index contributed by atoms with van der Waals surface area (Å²) in [5.74, 6) is 0.814. The molecule has 8 nitrogen and oxygen atoms in total. The molecule has 3 aliphatic rings. The number of nitrogens with zero attached hydrogens (tertiary/aromatic N) is 5. The van der Waals surface area contributed by atoms with Crippen LogP contribution in [0.4, 0.5) is 0 Å². The van der Waals surface area contributed by atoms with Gasteiger partial charge in [0.1, 0.15) is 11.0 Å². The number of piperidine rings is 3. The molecule has 2 aromatic heterocycles. The van der Waals surface area contributed by atoms with Crippen LogP contribution in [0.25, 0.3) is 0 Å². The number of hydrogen-bond donors (Lipinski definition) is 1. The average Bonchev–Trinajstić information content (AvgIpc) is 3.47. The molecule has 0 radical (unpaired) electrons. The highest BCUT2D eigenvalue weighted by Gasteiger charge is 2.51. The quantitative estimate of drug-likeness (QED) is 0.706. The molecule has 3 saturated heterocycles. The number of nitrogens with one attached hydrogen (secondary N) is 1. The Morgan fingerprint density at radius 2 is 2.13 bits per heavy atom. The Morgan fingerprint density at radius 1 is 1.23 bits per heavy atom. The summed E-state index contributed by atoms with van der Waals surface area (Å²) in [7, 11) is 0. The number of fused-ring (bicyclic) bond motifs is 4. The van der Waals surface area contributed by atoms with Gasteiger partial charge in [0.25, 0.3) is 0 Å². The summed E-state index contributed by atoms with van der Waals surface area (Å²) in [4.78, 5) is 39.1. The van der Waals surface area contributed by atoms with Gasteiger partial charge in [0.2, 0.25) is 11.8 Å². The number of aryl methyl sites for hydroxylation is 1. The van der Waals surface area contributed by atoms with E-state index in [1.807, 2.05) is 29.0 Å². The highest BCUT2D eigenvalue weighted by molar-refractivity contribution is 7.09. The second-order valence-electron chi connectivity index (χ2n) is 9.02. The minimum atomic E-state index is -0.356. The molecule has 4 atom stereocenters. The molecule has 0 aromatic carbocycles. The molecule has 2 aromatic rings. The van der Waals surface area contributed by atoms with Gasteiger partial charge in [0.15, 0.2) is 0 Å². The lowest BCUT2D eigenvalue weighted by Crippen LogP contribution is -2.68. The van der Waals surface area contributed by atoms with E-state index in [2.05, 4.69) is 24.8 Å². The summed E-state index contributed by atoms with van der Waals surface area (Å²) in [5, 5.41) is 5.89. The molecule has 166 valence electrons. The normalized spacial score (nSPS) is 28.4. The molecule has 5 heterocycles. The van der Waals surface area contributed by atoms with Crippen LogP contribution >= 0.6 is 11.3 Å². The van der Waals surface area contributed by atoms with E-state index in [4.69, 9.17) is 0 Å². The van der Waals surface area contributed by atoms with E-state index in [0.717, 1.165) is 56.9 Å². The van der Waals surface area contributed by atoms with Crippen LogP contribution < -0.4 is 5.32 Å². The number of amides is 2. The van der Waals surface area contributed by atoms with E-state index < -0.39 is 0 Å². The molecule has 31 heavy (non-hydrogen) atoms. The van der Waals surface area contributed by atoms with Gasteiger partial charge in [-0.25, -0.2) is 9.97 Å². The lowest BCUT2D eigenvalue weighted by atomic mass is 9.71. The predicted molar refractivity (Wildman–Crippen MR) is 117 cm³/mol. The van der Waals surface area contributed by atoms with Crippen LogP contribution in [0.15, 0.2) is 30.3 Å². The van der Waals surface area contributed by atoms with Gasteiger partial charge in [-0.05, 0) is 38.1 Å². The first-order chi connectivity index (χ1) is 15.2. The summed E-state index contributed by atoms with van der Waals surface area (Å²) in [5.41, 5.74) is 0. The van der Waals surface area contributed by atoms with Crippen molar-refractivity contribution < 1.29 is 9.59 Å². The topological polar surface area (TPSA) is 83.4 Å². The van der Waals surface area contributed by atoms with Crippen molar-refractivity contribution in [3.8, 4) is 0 Å². The van der Waals surface area contributed by atoms with Crippen molar-refractivity contribution in [2.45, 2.75) is 57.3 Å². The molecule has 0 unspecified atom stereocenters. The van der Waals surface area contributed by atoms with Gasteiger partial charge >= 0.3 is 0 Å². The Balaban J connectivity index is 1.28. The van der Waals surface area contributed by atoms with Gasteiger partial charge in [-0.1, -0.05) is 0 Å². The molecule has 0 aliphatic carbocycles. The molecule has 9 heteroatoms. The van der Waals surface area contributed by atoms with Crippen LogP contribution in [-0.4, -0.2) is 67.9 Å². The van der Waals surface area contributed by atoms with Gasteiger partial charge in [-0.15, -0.1) is 11.3 Å². The van der Waals surface area contributed by atoms with Crippen LogP contribution in [-0.2, 0) is 22.7 Å². The highest BCUT2D eigenvalue weighted by Crippen LogP contribution is 2.41. The first kappa shape index (κ1) is 20.6. The summed E-state index contributed by atoms with van der Waals surface area (Å²) in [6, 6.07) is -0.157. The van der Waals surface area contributed by atoms with Crippen molar-refractivity contribution in [2.24, 2.45) is 11.8 Å². The second-order valence-corrected chi connectivity index (χ2v) is 10.00. The van der Waals surface area contributed by atoms with E-state index in [0.29, 0.717) is 18.9 Å². The molecule has 2 bridgehead atoms. The molecule has 2 amide bonds. The SMILES string of the molecule is O=C(NCc1nccs1)[C@H]1[C@H]2C[C@H](CN(CCCn3ccnc3)C2)[C@@H]2CCCC(=O)N21. The maximum absolute atomic E-state index is 13.3. The standard InChI is InChI=1S/C22H30N6O2S/c29-20-4-1-3-18-16-11-17(14-27(13-16)8-2-7-26-9-5-23-15-26)21(28(18)20)22(30)25-12-19-24-6-10-31-19/h5-6,9-10,15-18,21H,1-4,7-8,11-14H2,(H,25,30)/t16-,17+,18+,21-/m1/s1. The number of thiazole rings is 1. The third-order valence-electron chi connectivity index (χ3n) is 7.03. The zero-order valence-electron chi connectivity index (χ0n) is 17.7. The zero-order valence-corrected chi connectivity index (χ0v) is 18.5. The Kier molecular flexibility index (Phi) is 6.04. The second kappa shape index (κ2) is 9.08. The maximum Gasteiger partial charge on any atom is 0.243 e. The molecule has 5 rings (SSSR count). The molecule has 3 fully saturated rings. The van der Waals surface area contributed by atoms with Gasteiger partial charge in [-0.3, -0.25) is 9.59 Å². The summed E-state index contributed by atoms with van der Waals surface area (Å²) in [6.45, 7) is 4.32. The maximum atomic E-state index is 13.3. The van der Waals surface area contributed by atoms with Crippen LogP contribution in [0, 0.1) is 11.8 Å². The number of carbonyl (C=O) groups excluding carboxylic acids is 2. The van der Waals surface area contributed by atoms with Gasteiger partial charge in [-0.2, -0.15) is 0 Å². The van der Waals surface area contributed by atoms with Crippen LogP contribution in [0.3, 0.4) is 0 Å². The van der Waals surface area contributed by atoms with Crippen molar-refractivity contribution >= 4 is 23.2 Å². The van der Waals surface area contributed by atoms with Crippen LogP contribution in [0.5, 0.6) is 0 Å². The van der Waals surface area contributed by atoms with Crippen molar-refractivity contribution in [3.63, 3.8) is 0 Å². The van der Waals surface area contributed by atoms with Crippen molar-refractivity contribution in [1.82, 2.24) is 29.7 Å². The lowest BCUT2D eigenvalue weighted by Gasteiger charge is -2.56. The summed E-state index contributed by atoms with van der Waals surface area (Å²) >= 11 is 1.54. The van der Waals surface area contributed by atoms with E-state index >= 15 is 0 Å². The number of likely N-dealkylation sites (tertiary alicyclic amines) is 1. The van der Waals surface area contributed by atoms with Crippen LogP contribution in [0.2, 0.25) is 0 Å². The minimum absolute atomic E-state index is 0.0147. The smallest absolute Gasteiger partial charge is 0.243 e. The molecule has 0 saturated carbocycles. The average molecular weight is 443 g/mol. The van der Waals surface area contributed by atoms with Crippen molar-refractivity contribution in [3.05, 3.63) is 35.3 Å². The Labute approximate surface area is 186 Å². The Bertz CT molecular complexity index is 886. The molecule has 0 spiro atoms. The third-order valence-corrected chi connectivity index (χ3v) is 7.81. The molecule has 3 aliphatic heterocycles. The lowest BCUT2D eigenvalue weighted by molar-refractivity contribution is -0.160. The number of aromatic nitrogens is 3. The molecular formula is C22H30N6O2S.